The quantitative estimate of drug-likeness (QED) is 0.490. The van der Waals surface area contributed by atoms with Crippen molar-refractivity contribution in [1.82, 2.24) is 9.97 Å². The fourth-order valence-corrected chi connectivity index (χ4v) is 2.20. The van der Waals surface area contributed by atoms with Gasteiger partial charge in [0.05, 0.1) is 18.7 Å². The van der Waals surface area contributed by atoms with E-state index in [2.05, 4.69) is 16.9 Å². The Bertz CT molecular complexity index is 674. The van der Waals surface area contributed by atoms with Gasteiger partial charge in [0.15, 0.2) is 5.75 Å². The van der Waals surface area contributed by atoms with Crippen molar-refractivity contribution in [2.24, 2.45) is 5.92 Å². The van der Waals surface area contributed by atoms with Gasteiger partial charge in [0.25, 0.3) is 0 Å². The lowest BCUT2D eigenvalue weighted by molar-refractivity contribution is -0.139. The predicted octanol–water partition coefficient (Wildman–Crippen LogP) is 4.66. The highest BCUT2D eigenvalue weighted by Crippen LogP contribution is 2.29. The number of carbonyl (C=O) groups excluding carboxylic acids is 1. The lowest BCUT2D eigenvalue weighted by atomic mass is 10.1. The number of esters is 1. The zero-order valence-corrected chi connectivity index (χ0v) is 15.2. The van der Waals surface area contributed by atoms with Crippen LogP contribution in [0.15, 0.2) is 36.5 Å². The maximum absolute atomic E-state index is 12.0. The van der Waals surface area contributed by atoms with Gasteiger partial charge in [0.1, 0.15) is 5.69 Å². The zero-order valence-electron chi connectivity index (χ0n) is 15.2. The molecule has 1 atom stereocenters. The average molecular weight is 342 g/mol. The number of hydrogen-bond donors (Lipinski definition) is 0. The number of nitrogens with zero attached hydrogens (tertiary/aromatic N) is 2. The Balaban J connectivity index is 2.23. The lowest BCUT2D eigenvalue weighted by Gasteiger charge is -2.12. The van der Waals surface area contributed by atoms with Crippen molar-refractivity contribution in [3.8, 4) is 23.0 Å². The van der Waals surface area contributed by atoms with Crippen LogP contribution >= 0.6 is 0 Å². The van der Waals surface area contributed by atoms with E-state index in [1.165, 1.54) is 0 Å². The average Bonchev–Trinajstić information content (AvgIpc) is 2.66. The Morgan fingerprint density at radius 2 is 1.92 bits per heavy atom. The van der Waals surface area contributed by atoms with Gasteiger partial charge in [0.2, 0.25) is 0 Å². The number of benzene rings is 1. The molecule has 0 bridgehead atoms. The molecule has 0 aliphatic heterocycles. The van der Waals surface area contributed by atoms with Crippen LogP contribution in [0.2, 0.25) is 0 Å². The van der Waals surface area contributed by atoms with E-state index >= 15 is 0 Å². The molecule has 0 saturated carbocycles. The summed E-state index contributed by atoms with van der Waals surface area (Å²) in [6, 6.07) is 9.76. The highest BCUT2D eigenvalue weighted by atomic mass is 16.5. The zero-order chi connectivity index (χ0) is 18.1. The molecule has 0 spiro atoms. The van der Waals surface area contributed by atoms with Crippen LogP contribution in [-0.4, -0.2) is 22.5 Å². The molecule has 1 aromatic heterocycles. The third kappa shape index (κ3) is 5.55. The van der Waals surface area contributed by atoms with E-state index in [-0.39, 0.29) is 17.9 Å². The summed E-state index contributed by atoms with van der Waals surface area (Å²) < 4.78 is 11.2. The summed E-state index contributed by atoms with van der Waals surface area (Å²) in [6.45, 7) is 6.53. The largest absolute Gasteiger partial charge is 0.490 e. The standard InChI is InChI=1S/C20H26N2O3/c1-4-6-10-13-24-17-14-21-20(25-19(23)15(3)5-2)22-18(17)16-11-8-7-9-12-16/h7-9,11-12,14-15H,4-6,10,13H2,1-3H3. The van der Waals surface area contributed by atoms with Crippen LogP contribution in [0.3, 0.4) is 0 Å². The summed E-state index contributed by atoms with van der Waals surface area (Å²) in [5, 5.41) is 0. The summed E-state index contributed by atoms with van der Waals surface area (Å²) in [5.74, 6) is 0.0949. The SMILES string of the molecule is CCCCCOc1cnc(OC(=O)C(C)CC)nc1-c1ccccc1. The maximum atomic E-state index is 12.0. The summed E-state index contributed by atoms with van der Waals surface area (Å²) in [7, 11) is 0. The molecule has 5 heteroatoms. The summed E-state index contributed by atoms with van der Waals surface area (Å²) >= 11 is 0. The summed E-state index contributed by atoms with van der Waals surface area (Å²) in [6.07, 6.45) is 5.53. The molecule has 2 rings (SSSR count). The molecule has 0 N–H and O–H groups in total. The first-order chi connectivity index (χ1) is 12.2. The number of hydrogen-bond acceptors (Lipinski definition) is 5. The van der Waals surface area contributed by atoms with Gasteiger partial charge in [-0.15, -0.1) is 0 Å². The lowest BCUT2D eigenvalue weighted by Crippen LogP contribution is -2.18. The van der Waals surface area contributed by atoms with Crippen LogP contribution in [0.5, 0.6) is 11.8 Å². The second-order valence-electron chi connectivity index (χ2n) is 6.02. The van der Waals surface area contributed by atoms with Crippen molar-refractivity contribution in [2.75, 3.05) is 6.61 Å². The third-order valence-electron chi connectivity index (χ3n) is 3.99. The Kier molecular flexibility index (Phi) is 7.38. The first-order valence-electron chi connectivity index (χ1n) is 8.92. The van der Waals surface area contributed by atoms with E-state index in [9.17, 15) is 4.79 Å². The molecule has 0 aliphatic carbocycles. The number of aromatic nitrogens is 2. The van der Waals surface area contributed by atoms with Gasteiger partial charge >= 0.3 is 12.0 Å². The molecule has 1 aromatic carbocycles. The molecular weight excluding hydrogens is 316 g/mol. The van der Waals surface area contributed by atoms with E-state index in [1.807, 2.05) is 44.2 Å². The second kappa shape index (κ2) is 9.77. The first-order valence-corrected chi connectivity index (χ1v) is 8.92. The van der Waals surface area contributed by atoms with Crippen LogP contribution in [0.1, 0.15) is 46.5 Å². The number of unbranched alkanes of at least 4 members (excludes halogenated alkanes) is 2. The molecular formula is C20H26N2O3. The van der Waals surface area contributed by atoms with Gasteiger partial charge in [-0.05, 0) is 12.8 Å². The Morgan fingerprint density at radius 1 is 1.16 bits per heavy atom. The van der Waals surface area contributed by atoms with Crippen molar-refractivity contribution in [3.63, 3.8) is 0 Å². The van der Waals surface area contributed by atoms with Gasteiger partial charge in [-0.3, -0.25) is 4.79 Å². The molecule has 0 saturated heterocycles. The molecule has 0 fully saturated rings. The highest BCUT2D eigenvalue weighted by molar-refractivity contribution is 5.74. The maximum Gasteiger partial charge on any atom is 0.325 e. The molecule has 134 valence electrons. The first kappa shape index (κ1) is 18.9. The minimum atomic E-state index is -0.321. The van der Waals surface area contributed by atoms with Gasteiger partial charge in [-0.2, -0.15) is 9.97 Å². The van der Waals surface area contributed by atoms with E-state index < -0.39 is 0 Å². The fourth-order valence-electron chi connectivity index (χ4n) is 2.20. The van der Waals surface area contributed by atoms with Crippen molar-refractivity contribution in [2.45, 2.75) is 46.5 Å². The molecule has 0 radical (unpaired) electrons. The third-order valence-corrected chi connectivity index (χ3v) is 3.99. The van der Waals surface area contributed by atoms with Crippen LogP contribution in [0.4, 0.5) is 0 Å². The molecule has 25 heavy (non-hydrogen) atoms. The van der Waals surface area contributed by atoms with Gasteiger partial charge in [-0.1, -0.05) is 63.9 Å². The Morgan fingerprint density at radius 3 is 2.60 bits per heavy atom. The molecule has 0 aliphatic rings. The van der Waals surface area contributed by atoms with Crippen molar-refractivity contribution < 1.29 is 14.3 Å². The number of ether oxygens (including phenoxy) is 2. The molecule has 1 heterocycles. The van der Waals surface area contributed by atoms with Gasteiger partial charge in [-0.25, -0.2) is 0 Å². The van der Waals surface area contributed by atoms with Crippen molar-refractivity contribution in [3.05, 3.63) is 36.5 Å². The van der Waals surface area contributed by atoms with Crippen LogP contribution in [0.25, 0.3) is 11.3 Å². The normalized spacial score (nSPS) is 11.8. The molecule has 0 amide bonds. The molecule has 5 nitrogen and oxygen atoms in total. The fraction of sp³-hybridized carbons (Fsp3) is 0.450. The van der Waals surface area contributed by atoms with Crippen LogP contribution < -0.4 is 9.47 Å². The monoisotopic (exact) mass is 342 g/mol. The highest BCUT2D eigenvalue weighted by Gasteiger charge is 2.17. The molecule has 2 aromatic rings. The van der Waals surface area contributed by atoms with E-state index in [1.54, 1.807) is 6.20 Å². The van der Waals surface area contributed by atoms with Crippen LogP contribution in [0, 0.1) is 5.92 Å². The van der Waals surface area contributed by atoms with E-state index in [0.717, 1.165) is 24.8 Å². The van der Waals surface area contributed by atoms with Crippen LogP contribution in [-0.2, 0) is 4.79 Å². The van der Waals surface area contributed by atoms with Crippen molar-refractivity contribution in [1.29, 1.82) is 0 Å². The summed E-state index contributed by atoms with van der Waals surface area (Å²) in [5.41, 5.74) is 1.54. The number of carbonyl (C=O) groups is 1. The minimum Gasteiger partial charge on any atom is -0.490 e. The van der Waals surface area contributed by atoms with E-state index in [0.29, 0.717) is 24.5 Å². The van der Waals surface area contributed by atoms with Gasteiger partial charge in [0, 0.05) is 5.56 Å². The topological polar surface area (TPSA) is 61.3 Å². The minimum absolute atomic E-state index is 0.0602. The second-order valence-corrected chi connectivity index (χ2v) is 6.02. The predicted molar refractivity (Wildman–Crippen MR) is 97.6 cm³/mol. The summed E-state index contributed by atoms with van der Waals surface area (Å²) in [4.78, 5) is 20.5. The number of rotatable bonds is 9. The van der Waals surface area contributed by atoms with Gasteiger partial charge < -0.3 is 9.47 Å². The molecule has 1 unspecified atom stereocenters. The smallest absolute Gasteiger partial charge is 0.325 e. The Labute approximate surface area is 149 Å². The van der Waals surface area contributed by atoms with E-state index in [4.69, 9.17) is 9.47 Å². The van der Waals surface area contributed by atoms with Crippen molar-refractivity contribution >= 4 is 5.97 Å². The Hall–Kier alpha value is -2.43.